The van der Waals surface area contributed by atoms with Crippen molar-refractivity contribution in [2.75, 3.05) is 26.7 Å². The lowest BCUT2D eigenvalue weighted by molar-refractivity contribution is 0.0761. The van der Waals surface area contributed by atoms with Gasteiger partial charge in [-0.2, -0.15) is 0 Å². The number of hydrogen-bond donors (Lipinski definition) is 0. The van der Waals surface area contributed by atoms with E-state index in [1.165, 1.54) is 45.1 Å². The molecule has 1 saturated carbocycles. The molecular formula is C18H30N2O2. The van der Waals surface area contributed by atoms with Gasteiger partial charge >= 0.3 is 0 Å². The van der Waals surface area contributed by atoms with Gasteiger partial charge in [0, 0.05) is 38.6 Å². The Bertz CT molecular complexity index is 454. The Morgan fingerprint density at radius 2 is 2.09 bits per heavy atom. The highest BCUT2D eigenvalue weighted by Crippen LogP contribution is 2.28. The molecule has 124 valence electrons. The van der Waals surface area contributed by atoms with Crippen molar-refractivity contribution in [3.8, 4) is 0 Å². The van der Waals surface area contributed by atoms with Gasteiger partial charge in [-0.25, -0.2) is 0 Å². The summed E-state index contributed by atoms with van der Waals surface area (Å²) < 4.78 is 11.1. The third kappa shape index (κ3) is 4.11. The Morgan fingerprint density at radius 1 is 1.27 bits per heavy atom. The molecule has 2 fully saturated rings. The predicted molar refractivity (Wildman–Crippen MR) is 86.9 cm³/mol. The van der Waals surface area contributed by atoms with Gasteiger partial charge in [-0.05, 0) is 25.8 Å². The van der Waals surface area contributed by atoms with Crippen molar-refractivity contribution in [1.82, 2.24) is 10.1 Å². The molecule has 1 aliphatic carbocycles. The van der Waals surface area contributed by atoms with Crippen LogP contribution in [0.5, 0.6) is 0 Å². The number of hydrogen-bond acceptors (Lipinski definition) is 4. The zero-order valence-corrected chi connectivity index (χ0v) is 14.1. The molecule has 0 aromatic carbocycles. The van der Waals surface area contributed by atoms with E-state index in [4.69, 9.17) is 9.26 Å². The van der Waals surface area contributed by atoms with E-state index in [1.807, 2.05) is 14.0 Å². The van der Waals surface area contributed by atoms with Crippen molar-refractivity contribution in [3.63, 3.8) is 0 Å². The van der Waals surface area contributed by atoms with Crippen molar-refractivity contribution in [1.29, 1.82) is 0 Å². The molecule has 0 unspecified atom stereocenters. The molecule has 2 atom stereocenters. The van der Waals surface area contributed by atoms with Gasteiger partial charge < -0.3 is 14.2 Å². The second-order valence-electron chi connectivity index (χ2n) is 7.23. The van der Waals surface area contributed by atoms with Crippen LogP contribution in [-0.2, 0) is 11.2 Å². The molecule has 2 heterocycles. The van der Waals surface area contributed by atoms with Crippen LogP contribution in [0.25, 0.3) is 0 Å². The zero-order valence-electron chi connectivity index (χ0n) is 14.1. The van der Waals surface area contributed by atoms with Crippen LogP contribution in [0.2, 0.25) is 0 Å². The number of rotatable bonds is 6. The van der Waals surface area contributed by atoms with Crippen LogP contribution in [-0.4, -0.2) is 42.9 Å². The minimum absolute atomic E-state index is 0.330. The number of likely N-dealkylation sites (tertiary alicyclic amines) is 1. The highest BCUT2D eigenvalue weighted by atomic mass is 16.5. The fourth-order valence-corrected chi connectivity index (χ4v) is 4.18. The Morgan fingerprint density at radius 3 is 2.77 bits per heavy atom. The summed E-state index contributed by atoms with van der Waals surface area (Å²) in [4.78, 5) is 2.59. The van der Waals surface area contributed by atoms with E-state index < -0.39 is 0 Å². The molecule has 1 saturated heterocycles. The molecule has 3 rings (SSSR count). The maximum Gasteiger partial charge on any atom is 0.137 e. The molecule has 2 aliphatic rings. The molecule has 0 spiro atoms. The number of aromatic nitrogens is 1. The second kappa shape index (κ2) is 7.60. The Balaban J connectivity index is 1.48. The largest absolute Gasteiger partial charge is 0.380 e. The molecule has 1 aromatic rings. The third-order valence-corrected chi connectivity index (χ3v) is 5.48. The van der Waals surface area contributed by atoms with Crippen LogP contribution in [0, 0.1) is 18.8 Å². The molecule has 0 amide bonds. The lowest BCUT2D eigenvalue weighted by atomic mass is 9.87. The van der Waals surface area contributed by atoms with Crippen LogP contribution in [0.3, 0.4) is 0 Å². The Kier molecular flexibility index (Phi) is 5.53. The van der Waals surface area contributed by atoms with E-state index in [0.717, 1.165) is 36.9 Å². The maximum atomic E-state index is 5.72. The lowest BCUT2D eigenvalue weighted by Crippen LogP contribution is -2.26. The zero-order chi connectivity index (χ0) is 15.4. The summed E-state index contributed by atoms with van der Waals surface area (Å²) in [5, 5.41) is 4.00. The second-order valence-corrected chi connectivity index (χ2v) is 7.23. The quantitative estimate of drug-likeness (QED) is 0.807. The standard InChI is InChI=1S/C18H30N2O2/c1-14-10-17(22-19-14)11-16-12-20(13-18(16)21-2)9-8-15-6-4-3-5-7-15/h10,15-16,18H,3-9,11-13H2,1-2H3/t16-,18+/m1/s1. The van der Waals surface area contributed by atoms with Crippen LogP contribution < -0.4 is 0 Å². The van der Waals surface area contributed by atoms with Gasteiger partial charge in [0.2, 0.25) is 0 Å². The van der Waals surface area contributed by atoms with Crippen LogP contribution in [0.1, 0.15) is 50.0 Å². The van der Waals surface area contributed by atoms with Crippen molar-refractivity contribution in [2.45, 2.75) is 58.0 Å². The third-order valence-electron chi connectivity index (χ3n) is 5.48. The molecule has 0 bridgehead atoms. The first-order valence-corrected chi connectivity index (χ1v) is 8.92. The smallest absolute Gasteiger partial charge is 0.137 e. The summed E-state index contributed by atoms with van der Waals surface area (Å²) in [5.41, 5.74) is 0.969. The fraction of sp³-hybridized carbons (Fsp3) is 0.833. The van der Waals surface area contributed by atoms with Crippen LogP contribution in [0.4, 0.5) is 0 Å². The Labute approximate surface area is 134 Å². The molecule has 1 aliphatic heterocycles. The van der Waals surface area contributed by atoms with Crippen LogP contribution >= 0.6 is 0 Å². The molecule has 4 heteroatoms. The first kappa shape index (κ1) is 16.0. The number of ether oxygens (including phenoxy) is 1. The normalized spacial score (nSPS) is 27.5. The van der Waals surface area contributed by atoms with Crippen molar-refractivity contribution in [3.05, 3.63) is 17.5 Å². The SMILES string of the molecule is CO[C@H]1CN(CCC2CCCCC2)C[C@H]1Cc1cc(C)no1. The summed E-state index contributed by atoms with van der Waals surface area (Å²) in [6.07, 6.45) is 9.87. The molecule has 1 aromatic heterocycles. The number of nitrogens with zero attached hydrogens (tertiary/aromatic N) is 2. The average molecular weight is 306 g/mol. The molecule has 0 radical (unpaired) electrons. The molecule has 0 N–H and O–H groups in total. The van der Waals surface area contributed by atoms with Gasteiger partial charge in [0.05, 0.1) is 11.8 Å². The summed E-state index contributed by atoms with van der Waals surface area (Å²) in [7, 11) is 1.84. The van der Waals surface area contributed by atoms with Crippen LogP contribution in [0.15, 0.2) is 10.6 Å². The summed E-state index contributed by atoms with van der Waals surface area (Å²) >= 11 is 0. The first-order chi connectivity index (χ1) is 10.7. The number of aryl methyl sites for hydroxylation is 1. The van der Waals surface area contributed by atoms with Crippen molar-refractivity contribution >= 4 is 0 Å². The molecule has 4 nitrogen and oxygen atoms in total. The highest BCUT2D eigenvalue weighted by molar-refractivity contribution is 5.05. The van der Waals surface area contributed by atoms with Gasteiger partial charge in [0.15, 0.2) is 0 Å². The van der Waals surface area contributed by atoms with Crippen molar-refractivity contribution in [2.24, 2.45) is 11.8 Å². The van der Waals surface area contributed by atoms with E-state index in [2.05, 4.69) is 16.1 Å². The first-order valence-electron chi connectivity index (χ1n) is 8.92. The van der Waals surface area contributed by atoms with Gasteiger partial charge in [-0.15, -0.1) is 0 Å². The average Bonchev–Trinajstić information content (AvgIpc) is 3.12. The number of methoxy groups -OCH3 is 1. The predicted octanol–water partition coefficient (Wildman–Crippen LogP) is 3.44. The van der Waals surface area contributed by atoms with E-state index in [1.54, 1.807) is 0 Å². The van der Waals surface area contributed by atoms with E-state index in [-0.39, 0.29) is 0 Å². The van der Waals surface area contributed by atoms with Gasteiger partial charge in [-0.3, -0.25) is 0 Å². The van der Waals surface area contributed by atoms with E-state index >= 15 is 0 Å². The molecule has 22 heavy (non-hydrogen) atoms. The van der Waals surface area contributed by atoms with E-state index in [9.17, 15) is 0 Å². The molecular weight excluding hydrogens is 276 g/mol. The summed E-state index contributed by atoms with van der Waals surface area (Å²) in [5.74, 6) is 2.49. The minimum Gasteiger partial charge on any atom is -0.380 e. The Hall–Kier alpha value is -0.870. The van der Waals surface area contributed by atoms with E-state index in [0.29, 0.717) is 12.0 Å². The fourth-order valence-electron chi connectivity index (χ4n) is 4.18. The maximum absolute atomic E-state index is 5.72. The lowest BCUT2D eigenvalue weighted by Gasteiger charge is -2.24. The highest BCUT2D eigenvalue weighted by Gasteiger charge is 2.33. The summed E-state index contributed by atoms with van der Waals surface area (Å²) in [6, 6.07) is 2.05. The topological polar surface area (TPSA) is 38.5 Å². The van der Waals surface area contributed by atoms with Gasteiger partial charge in [0.25, 0.3) is 0 Å². The monoisotopic (exact) mass is 306 g/mol. The summed E-state index contributed by atoms with van der Waals surface area (Å²) in [6.45, 7) is 5.41. The van der Waals surface area contributed by atoms with Gasteiger partial charge in [0.1, 0.15) is 5.76 Å². The van der Waals surface area contributed by atoms with Gasteiger partial charge in [-0.1, -0.05) is 37.3 Å². The minimum atomic E-state index is 0.330. The van der Waals surface area contributed by atoms with Crippen molar-refractivity contribution < 1.29 is 9.26 Å².